The Morgan fingerprint density at radius 2 is 2.15 bits per heavy atom. The second-order valence-corrected chi connectivity index (χ2v) is 7.39. The van der Waals surface area contributed by atoms with Gasteiger partial charge in [0.1, 0.15) is 6.04 Å². The van der Waals surface area contributed by atoms with E-state index in [2.05, 4.69) is 10.3 Å². The highest BCUT2D eigenvalue weighted by Gasteiger charge is 2.47. The van der Waals surface area contributed by atoms with Crippen molar-refractivity contribution in [3.63, 3.8) is 0 Å². The van der Waals surface area contributed by atoms with Gasteiger partial charge in [0, 0.05) is 24.0 Å². The third-order valence-electron chi connectivity index (χ3n) is 4.37. The highest BCUT2D eigenvalue weighted by molar-refractivity contribution is 7.09. The van der Waals surface area contributed by atoms with Gasteiger partial charge in [-0.25, -0.2) is 4.98 Å². The second-order valence-electron chi connectivity index (χ2n) is 6.32. The number of rotatable bonds is 4. The van der Waals surface area contributed by atoms with Crippen molar-refractivity contribution in [2.24, 2.45) is 0 Å². The molecule has 1 aliphatic rings. The molecule has 27 heavy (non-hydrogen) atoms. The number of benzene rings is 1. The Labute approximate surface area is 158 Å². The molecular formula is C18H18F3N3O2S. The number of likely N-dealkylation sites (tertiary alicyclic amines) is 1. The summed E-state index contributed by atoms with van der Waals surface area (Å²) in [4.78, 5) is 28.8. The Hall–Kier alpha value is -2.42. The van der Waals surface area contributed by atoms with E-state index in [-0.39, 0.29) is 19.5 Å². The summed E-state index contributed by atoms with van der Waals surface area (Å²) in [5, 5.41) is 5.52. The number of nitrogens with zero attached hydrogens (tertiary/aromatic N) is 2. The predicted octanol–water partition coefficient (Wildman–Crippen LogP) is 3.29. The largest absolute Gasteiger partial charge is 0.471 e. The van der Waals surface area contributed by atoms with Crippen LogP contribution in [0, 0.1) is 6.92 Å². The van der Waals surface area contributed by atoms with E-state index in [9.17, 15) is 22.8 Å². The van der Waals surface area contributed by atoms with E-state index in [4.69, 9.17) is 0 Å². The monoisotopic (exact) mass is 397 g/mol. The van der Waals surface area contributed by atoms with Crippen LogP contribution in [0.4, 0.5) is 13.2 Å². The zero-order chi connectivity index (χ0) is 19.6. The van der Waals surface area contributed by atoms with Gasteiger partial charge in [0.15, 0.2) is 0 Å². The summed E-state index contributed by atoms with van der Waals surface area (Å²) in [5.41, 5.74) is 2.54. The average molecular weight is 397 g/mol. The van der Waals surface area contributed by atoms with Gasteiger partial charge < -0.3 is 10.2 Å². The van der Waals surface area contributed by atoms with Crippen molar-refractivity contribution in [2.45, 2.75) is 38.5 Å². The van der Waals surface area contributed by atoms with Gasteiger partial charge in [0.2, 0.25) is 5.91 Å². The highest BCUT2D eigenvalue weighted by atomic mass is 32.1. The van der Waals surface area contributed by atoms with Crippen molar-refractivity contribution in [2.75, 3.05) is 6.54 Å². The Morgan fingerprint density at radius 1 is 1.37 bits per heavy atom. The lowest BCUT2D eigenvalue weighted by Gasteiger charge is -2.24. The van der Waals surface area contributed by atoms with Crippen LogP contribution in [-0.4, -0.2) is 40.5 Å². The molecule has 2 heterocycles. The molecule has 2 aromatic rings. The first kappa shape index (κ1) is 19.3. The summed E-state index contributed by atoms with van der Waals surface area (Å²) in [6, 6.07) is 6.35. The third kappa shape index (κ3) is 4.47. The summed E-state index contributed by atoms with van der Waals surface area (Å²) < 4.78 is 38.0. The van der Waals surface area contributed by atoms with Crippen molar-refractivity contribution < 1.29 is 22.8 Å². The number of amides is 2. The fourth-order valence-corrected chi connectivity index (χ4v) is 3.71. The van der Waals surface area contributed by atoms with Crippen molar-refractivity contribution >= 4 is 23.2 Å². The fraction of sp³-hybridized carbons (Fsp3) is 0.389. The summed E-state index contributed by atoms with van der Waals surface area (Å²) >= 11 is 1.53. The van der Waals surface area contributed by atoms with Gasteiger partial charge >= 0.3 is 12.1 Å². The topological polar surface area (TPSA) is 62.3 Å². The average Bonchev–Trinajstić information content (AvgIpc) is 3.27. The first-order chi connectivity index (χ1) is 12.8. The molecule has 1 atom stereocenters. The molecule has 1 aromatic carbocycles. The van der Waals surface area contributed by atoms with Gasteiger partial charge in [0.25, 0.3) is 0 Å². The zero-order valence-corrected chi connectivity index (χ0v) is 15.4. The van der Waals surface area contributed by atoms with Gasteiger partial charge in [0.05, 0.1) is 10.7 Å². The number of halogens is 3. The third-order valence-corrected chi connectivity index (χ3v) is 5.14. The molecule has 1 aliphatic heterocycles. The number of hydrogen-bond donors (Lipinski definition) is 1. The molecule has 144 valence electrons. The number of nitrogens with one attached hydrogen (secondary N) is 1. The number of carbonyl (C=O) groups is 2. The van der Waals surface area contributed by atoms with Crippen LogP contribution >= 0.6 is 11.3 Å². The highest BCUT2D eigenvalue weighted by Crippen LogP contribution is 2.26. The van der Waals surface area contributed by atoms with Gasteiger partial charge in [-0.2, -0.15) is 13.2 Å². The van der Waals surface area contributed by atoms with E-state index in [1.165, 1.54) is 11.3 Å². The molecule has 1 saturated heterocycles. The number of alkyl halides is 3. The van der Waals surface area contributed by atoms with E-state index in [1.54, 1.807) is 0 Å². The molecule has 1 aromatic heterocycles. The van der Waals surface area contributed by atoms with Gasteiger partial charge in [-0.3, -0.25) is 9.59 Å². The molecule has 1 unspecified atom stereocenters. The molecule has 2 amide bonds. The van der Waals surface area contributed by atoms with Crippen LogP contribution in [0.3, 0.4) is 0 Å². The molecule has 0 aliphatic carbocycles. The minimum Gasteiger partial charge on any atom is -0.350 e. The number of carbonyl (C=O) groups excluding carboxylic acids is 2. The first-order valence-corrected chi connectivity index (χ1v) is 9.30. The van der Waals surface area contributed by atoms with Crippen molar-refractivity contribution in [3.05, 3.63) is 40.2 Å². The van der Waals surface area contributed by atoms with Crippen LogP contribution in [0.25, 0.3) is 11.3 Å². The molecule has 1 fully saturated rings. The van der Waals surface area contributed by atoms with E-state index < -0.39 is 24.0 Å². The molecule has 9 heteroatoms. The fourth-order valence-electron chi connectivity index (χ4n) is 3.09. The SMILES string of the molecule is Cc1nc(-c2cccc(CNC(=O)C3CCCN3C(=O)C(F)(F)F)c2)cs1. The Kier molecular flexibility index (Phi) is 5.50. The van der Waals surface area contributed by atoms with E-state index in [1.807, 2.05) is 36.6 Å². The summed E-state index contributed by atoms with van der Waals surface area (Å²) in [6.07, 6.45) is -4.37. The number of thiazole rings is 1. The molecular weight excluding hydrogens is 379 g/mol. The quantitative estimate of drug-likeness (QED) is 0.861. The molecule has 1 N–H and O–H groups in total. The molecule has 0 spiro atoms. The lowest BCUT2D eigenvalue weighted by atomic mass is 10.1. The minimum atomic E-state index is -4.97. The van der Waals surface area contributed by atoms with Crippen LogP contribution in [0.2, 0.25) is 0 Å². The van der Waals surface area contributed by atoms with Crippen LogP contribution in [0.15, 0.2) is 29.6 Å². The standard InChI is InChI=1S/C18H18F3N3O2S/c1-11-23-14(10-27-11)13-5-2-4-12(8-13)9-22-16(25)15-6-3-7-24(15)17(26)18(19,20)21/h2,4-5,8,10,15H,3,6-7,9H2,1H3,(H,22,25). The number of hydrogen-bond acceptors (Lipinski definition) is 4. The lowest BCUT2D eigenvalue weighted by molar-refractivity contribution is -0.186. The number of aryl methyl sites for hydroxylation is 1. The van der Waals surface area contributed by atoms with Crippen LogP contribution in [0.1, 0.15) is 23.4 Å². The van der Waals surface area contributed by atoms with E-state index >= 15 is 0 Å². The molecule has 3 rings (SSSR count). The van der Waals surface area contributed by atoms with Gasteiger partial charge in [-0.1, -0.05) is 18.2 Å². The number of aromatic nitrogens is 1. The Bertz CT molecular complexity index is 850. The second kappa shape index (κ2) is 7.67. The van der Waals surface area contributed by atoms with Crippen LogP contribution < -0.4 is 5.32 Å². The van der Waals surface area contributed by atoms with Crippen molar-refractivity contribution in [1.29, 1.82) is 0 Å². The van der Waals surface area contributed by atoms with Gasteiger partial charge in [-0.15, -0.1) is 11.3 Å². The molecule has 0 radical (unpaired) electrons. The Morgan fingerprint density at radius 3 is 2.81 bits per heavy atom. The smallest absolute Gasteiger partial charge is 0.350 e. The maximum absolute atomic E-state index is 12.7. The van der Waals surface area contributed by atoms with Gasteiger partial charge in [-0.05, 0) is 31.4 Å². The maximum atomic E-state index is 12.7. The van der Waals surface area contributed by atoms with E-state index in [0.29, 0.717) is 11.3 Å². The Balaban J connectivity index is 1.64. The van der Waals surface area contributed by atoms with Crippen LogP contribution in [0.5, 0.6) is 0 Å². The zero-order valence-electron chi connectivity index (χ0n) is 14.5. The summed E-state index contributed by atoms with van der Waals surface area (Å²) in [5.74, 6) is -2.53. The van der Waals surface area contributed by atoms with Crippen molar-refractivity contribution in [1.82, 2.24) is 15.2 Å². The molecule has 0 saturated carbocycles. The lowest BCUT2D eigenvalue weighted by Crippen LogP contribution is -2.50. The maximum Gasteiger partial charge on any atom is 0.471 e. The molecule has 0 bridgehead atoms. The summed E-state index contributed by atoms with van der Waals surface area (Å²) in [6.45, 7) is 2.02. The van der Waals surface area contributed by atoms with Crippen LogP contribution in [-0.2, 0) is 16.1 Å². The predicted molar refractivity (Wildman–Crippen MR) is 94.9 cm³/mol. The van der Waals surface area contributed by atoms with E-state index in [0.717, 1.165) is 21.8 Å². The molecule has 5 nitrogen and oxygen atoms in total. The van der Waals surface area contributed by atoms with Crippen molar-refractivity contribution in [3.8, 4) is 11.3 Å². The minimum absolute atomic E-state index is 0.0604. The normalized spacial score (nSPS) is 17.2. The summed E-state index contributed by atoms with van der Waals surface area (Å²) in [7, 11) is 0. The first-order valence-electron chi connectivity index (χ1n) is 8.42.